The van der Waals surface area contributed by atoms with Crippen LogP contribution in [0, 0.1) is 0 Å². The molecule has 1 fully saturated rings. The van der Waals surface area contributed by atoms with E-state index in [1.807, 2.05) is 20.8 Å². The van der Waals surface area contributed by atoms with Crippen LogP contribution in [-0.2, 0) is 22.4 Å². The number of carbonyl (C=O) groups excluding carboxylic acids is 1. The second kappa shape index (κ2) is 6.59. The molecule has 0 spiro atoms. The molecule has 1 aromatic rings. The molecule has 0 N–H and O–H groups in total. The first kappa shape index (κ1) is 17.0. The molecule has 2 aliphatic heterocycles. The van der Waals surface area contributed by atoms with E-state index in [4.69, 9.17) is 14.5 Å². The van der Waals surface area contributed by atoms with E-state index in [1.165, 1.54) is 0 Å². The highest BCUT2D eigenvalue weighted by Crippen LogP contribution is 2.24. The Labute approximate surface area is 143 Å². The maximum absolute atomic E-state index is 12.2. The molecule has 3 rings (SSSR count). The fourth-order valence-electron chi connectivity index (χ4n) is 3.11. The lowest BCUT2D eigenvalue weighted by Crippen LogP contribution is -2.44. The first-order valence-corrected chi connectivity index (χ1v) is 8.64. The first-order chi connectivity index (χ1) is 11.3. The van der Waals surface area contributed by atoms with Crippen LogP contribution in [0.4, 0.5) is 10.6 Å². The smallest absolute Gasteiger partial charge is 0.410 e. The summed E-state index contributed by atoms with van der Waals surface area (Å²) >= 11 is 0. The summed E-state index contributed by atoms with van der Waals surface area (Å²) in [5.74, 6) is 1.01. The van der Waals surface area contributed by atoms with Crippen molar-refractivity contribution in [2.45, 2.75) is 52.3 Å². The molecule has 1 atom stereocenters. The Bertz CT molecular complexity index is 612. The van der Waals surface area contributed by atoms with Gasteiger partial charge in [-0.3, -0.25) is 0 Å². The van der Waals surface area contributed by atoms with E-state index in [0.717, 1.165) is 43.3 Å². The fourth-order valence-corrected chi connectivity index (χ4v) is 3.11. The predicted octanol–water partition coefficient (Wildman–Crippen LogP) is 2.60. The summed E-state index contributed by atoms with van der Waals surface area (Å²) in [6.45, 7) is 11.4. The first-order valence-electron chi connectivity index (χ1n) is 8.64. The summed E-state index contributed by atoms with van der Waals surface area (Å²) in [5.41, 5.74) is 1.73. The molecule has 132 valence electrons. The van der Waals surface area contributed by atoms with Crippen molar-refractivity contribution in [2.75, 3.05) is 31.2 Å². The Morgan fingerprint density at radius 3 is 2.83 bits per heavy atom. The summed E-state index contributed by atoms with van der Waals surface area (Å²) in [4.78, 5) is 21.1. The van der Waals surface area contributed by atoms with Crippen molar-refractivity contribution in [3.63, 3.8) is 0 Å². The lowest BCUT2D eigenvalue weighted by atomic mass is 10.1. The lowest BCUT2D eigenvalue weighted by molar-refractivity contribution is 0.0223. The topological polar surface area (TPSA) is 54.9 Å². The van der Waals surface area contributed by atoms with E-state index in [1.54, 1.807) is 4.90 Å². The molecule has 24 heavy (non-hydrogen) atoms. The van der Waals surface area contributed by atoms with Crippen LogP contribution in [0.3, 0.4) is 0 Å². The average Bonchev–Trinajstić information content (AvgIpc) is 2.53. The lowest BCUT2D eigenvalue weighted by Gasteiger charge is -2.35. The van der Waals surface area contributed by atoms with E-state index in [-0.39, 0.29) is 6.09 Å². The van der Waals surface area contributed by atoms with Gasteiger partial charge >= 0.3 is 6.09 Å². The minimum Gasteiger partial charge on any atom is -0.444 e. The van der Waals surface area contributed by atoms with Crippen molar-refractivity contribution in [3.8, 4) is 0 Å². The van der Waals surface area contributed by atoms with Crippen LogP contribution in [0.25, 0.3) is 0 Å². The van der Waals surface area contributed by atoms with Crippen LogP contribution >= 0.6 is 0 Å². The molecule has 6 heteroatoms. The zero-order chi connectivity index (χ0) is 17.3. The third-order valence-corrected chi connectivity index (χ3v) is 4.35. The molecular formula is C18H27N3O3. The van der Waals surface area contributed by atoms with Crippen molar-refractivity contribution in [1.82, 2.24) is 9.88 Å². The Balaban J connectivity index is 1.71. The number of morpholine rings is 1. The molecule has 0 radical (unpaired) electrons. The zero-order valence-electron chi connectivity index (χ0n) is 15.0. The third-order valence-electron chi connectivity index (χ3n) is 4.35. The SMILES string of the molecule is C[C@@H]1COCCN1c1ccc2c(n1)CCN(C(=O)OC(C)(C)C)C2. The van der Waals surface area contributed by atoms with Crippen molar-refractivity contribution in [2.24, 2.45) is 0 Å². The van der Waals surface area contributed by atoms with Crippen molar-refractivity contribution in [3.05, 3.63) is 23.4 Å². The van der Waals surface area contributed by atoms with Gasteiger partial charge in [-0.1, -0.05) is 6.07 Å². The molecule has 0 unspecified atom stereocenters. The van der Waals surface area contributed by atoms with Crippen molar-refractivity contribution >= 4 is 11.9 Å². The summed E-state index contributed by atoms with van der Waals surface area (Å²) in [6, 6.07) is 4.49. The second-order valence-electron chi connectivity index (χ2n) is 7.54. The quantitative estimate of drug-likeness (QED) is 0.791. The number of rotatable bonds is 1. The van der Waals surface area contributed by atoms with Crippen molar-refractivity contribution < 1.29 is 14.3 Å². The van der Waals surface area contributed by atoms with Gasteiger partial charge in [0.2, 0.25) is 0 Å². The molecule has 3 heterocycles. The van der Waals surface area contributed by atoms with E-state index in [9.17, 15) is 4.79 Å². The van der Waals surface area contributed by atoms with Gasteiger partial charge in [-0.25, -0.2) is 9.78 Å². The molecule has 0 bridgehead atoms. The zero-order valence-corrected chi connectivity index (χ0v) is 15.0. The molecule has 0 aliphatic carbocycles. The minimum atomic E-state index is -0.466. The summed E-state index contributed by atoms with van der Waals surface area (Å²) in [7, 11) is 0. The number of aromatic nitrogens is 1. The van der Waals surface area contributed by atoms with Gasteiger partial charge in [-0.05, 0) is 39.3 Å². The molecule has 1 saturated heterocycles. The van der Waals surface area contributed by atoms with Crippen LogP contribution < -0.4 is 4.90 Å². The third kappa shape index (κ3) is 3.80. The normalized spacial score (nSPS) is 21.4. The van der Waals surface area contributed by atoms with Gasteiger partial charge in [0.1, 0.15) is 11.4 Å². The number of ether oxygens (including phenoxy) is 2. The predicted molar refractivity (Wildman–Crippen MR) is 92.2 cm³/mol. The Morgan fingerprint density at radius 1 is 1.33 bits per heavy atom. The van der Waals surface area contributed by atoms with Gasteiger partial charge in [-0.15, -0.1) is 0 Å². The van der Waals surface area contributed by atoms with Gasteiger partial charge < -0.3 is 19.3 Å². The van der Waals surface area contributed by atoms with Crippen molar-refractivity contribution in [1.29, 1.82) is 0 Å². The standard InChI is InChI=1S/C18H27N3O3/c1-13-12-23-10-9-21(13)16-6-5-14-11-20(8-7-15(14)19-16)17(22)24-18(2,3)4/h5-6,13H,7-12H2,1-4H3/t13-/m1/s1. The van der Waals surface area contributed by atoms with Gasteiger partial charge in [0.25, 0.3) is 0 Å². The van der Waals surface area contributed by atoms with Gasteiger partial charge in [-0.2, -0.15) is 0 Å². The number of amides is 1. The molecule has 1 aromatic heterocycles. The number of anilines is 1. The number of hydrogen-bond donors (Lipinski definition) is 0. The second-order valence-corrected chi connectivity index (χ2v) is 7.54. The van der Waals surface area contributed by atoms with E-state index in [2.05, 4.69) is 24.0 Å². The minimum absolute atomic E-state index is 0.251. The number of pyridine rings is 1. The highest BCUT2D eigenvalue weighted by atomic mass is 16.6. The molecule has 2 aliphatic rings. The Kier molecular flexibility index (Phi) is 4.67. The number of fused-ring (bicyclic) bond motifs is 1. The molecule has 6 nitrogen and oxygen atoms in total. The Morgan fingerprint density at radius 2 is 2.12 bits per heavy atom. The number of carbonyl (C=O) groups is 1. The largest absolute Gasteiger partial charge is 0.444 e. The number of nitrogens with zero attached hydrogens (tertiary/aromatic N) is 3. The van der Waals surface area contributed by atoms with Gasteiger partial charge in [0.05, 0.1) is 25.8 Å². The van der Waals surface area contributed by atoms with Crippen LogP contribution in [0.5, 0.6) is 0 Å². The summed E-state index contributed by atoms with van der Waals surface area (Å²) in [5, 5.41) is 0. The van der Waals surface area contributed by atoms with Crippen LogP contribution in [0.2, 0.25) is 0 Å². The highest BCUT2D eigenvalue weighted by molar-refractivity contribution is 5.68. The van der Waals surface area contributed by atoms with Gasteiger partial charge in [0.15, 0.2) is 0 Å². The maximum Gasteiger partial charge on any atom is 0.410 e. The summed E-state index contributed by atoms with van der Waals surface area (Å²) in [6.07, 6.45) is 0.514. The van der Waals surface area contributed by atoms with Crippen LogP contribution in [0.1, 0.15) is 39.0 Å². The van der Waals surface area contributed by atoms with E-state index in [0.29, 0.717) is 19.1 Å². The molecule has 0 saturated carbocycles. The molecule has 1 amide bonds. The molecule has 0 aromatic carbocycles. The van der Waals surface area contributed by atoms with Crippen LogP contribution in [-0.4, -0.2) is 53.9 Å². The van der Waals surface area contributed by atoms with Gasteiger partial charge in [0, 0.05) is 25.2 Å². The fraction of sp³-hybridized carbons (Fsp3) is 0.667. The maximum atomic E-state index is 12.2. The number of hydrogen-bond acceptors (Lipinski definition) is 5. The summed E-state index contributed by atoms with van der Waals surface area (Å²) < 4.78 is 11.0. The highest BCUT2D eigenvalue weighted by Gasteiger charge is 2.27. The Hall–Kier alpha value is -1.82. The molecular weight excluding hydrogens is 306 g/mol. The van der Waals surface area contributed by atoms with E-state index < -0.39 is 5.60 Å². The van der Waals surface area contributed by atoms with E-state index >= 15 is 0 Å². The monoisotopic (exact) mass is 333 g/mol. The average molecular weight is 333 g/mol. The van der Waals surface area contributed by atoms with Crippen LogP contribution in [0.15, 0.2) is 12.1 Å².